The van der Waals surface area contributed by atoms with Gasteiger partial charge in [0.1, 0.15) is 28.9 Å². The van der Waals surface area contributed by atoms with Crippen LogP contribution in [0.5, 0.6) is 5.75 Å². The minimum absolute atomic E-state index is 0.0692. The Balaban J connectivity index is 1.50. The van der Waals surface area contributed by atoms with Crippen LogP contribution in [-0.4, -0.2) is 39.9 Å². The first-order chi connectivity index (χ1) is 13.0. The van der Waals surface area contributed by atoms with Crippen LogP contribution in [0.25, 0.3) is 10.9 Å². The maximum Gasteiger partial charge on any atom is 0.293 e. The fourth-order valence-corrected chi connectivity index (χ4v) is 3.32. The maximum absolute atomic E-state index is 13.3. The summed E-state index contributed by atoms with van der Waals surface area (Å²) in [5.74, 6) is -0.195. The number of ether oxygens (including phenoxy) is 1. The second-order valence-electron chi connectivity index (χ2n) is 6.42. The van der Waals surface area contributed by atoms with Gasteiger partial charge >= 0.3 is 0 Å². The van der Waals surface area contributed by atoms with Crippen molar-refractivity contribution in [3.63, 3.8) is 0 Å². The molecule has 2 aromatic carbocycles. The Labute approximate surface area is 153 Å². The van der Waals surface area contributed by atoms with E-state index in [2.05, 4.69) is 4.98 Å². The fraction of sp³-hybridized carbons (Fsp3) is 0.211. The van der Waals surface area contributed by atoms with E-state index in [1.54, 1.807) is 35.2 Å². The number of nitro groups is 1. The molecule has 7 nitrogen and oxygen atoms in total. The molecule has 1 aliphatic heterocycles. The van der Waals surface area contributed by atoms with Crippen molar-refractivity contribution in [1.82, 2.24) is 9.88 Å². The van der Waals surface area contributed by atoms with Gasteiger partial charge in [0.25, 0.3) is 11.6 Å². The molecule has 138 valence electrons. The molecule has 2 heterocycles. The number of benzene rings is 2. The van der Waals surface area contributed by atoms with E-state index in [1.807, 2.05) is 0 Å². The Morgan fingerprint density at radius 1 is 1.26 bits per heavy atom. The van der Waals surface area contributed by atoms with E-state index in [9.17, 15) is 19.3 Å². The fourth-order valence-electron chi connectivity index (χ4n) is 3.32. The normalized spacial score (nSPS) is 16.6. The average molecular weight is 369 g/mol. The molecule has 0 aliphatic carbocycles. The predicted octanol–water partition coefficient (Wildman–Crippen LogP) is 3.51. The highest BCUT2D eigenvalue weighted by atomic mass is 19.1. The lowest BCUT2D eigenvalue weighted by atomic mass is 10.2. The third kappa shape index (κ3) is 3.33. The lowest BCUT2D eigenvalue weighted by Gasteiger charge is -2.16. The third-order valence-corrected chi connectivity index (χ3v) is 4.59. The monoisotopic (exact) mass is 369 g/mol. The first-order valence-electron chi connectivity index (χ1n) is 8.49. The number of nitrogens with one attached hydrogen (secondary N) is 1. The Morgan fingerprint density at radius 2 is 2.07 bits per heavy atom. The number of carbonyl (C=O) groups is 1. The van der Waals surface area contributed by atoms with E-state index < -0.39 is 4.92 Å². The van der Waals surface area contributed by atoms with Crippen LogP contribution >= 0.6 is 0 Å². The van der Waals surface area contributed by atoms with Gasteiger partial charge in [-0.1, -0.05) is 18.2 Å². The number of carbonyl (C=O) groups excluding carboxylic acids is 1. The summed E-state index contributed by atoms with van der Waals surface area (Å²) in [5.41, 5.74) is 0.559. The number of aromatic amines is 1. The summed E-state index contributed by atoms with van der Waals surface area (Å²) in [6, 6.07) is 12.2. The van der Waals surface area contributed by atoms with Crippen LogP contribution in [0.15, 0.2) is 48.5 Å². The number of hydrogen-bond acceptors (Lipinski definition) is 4. The van der Waals surface area contributed by atoms with E-state index in [1.165, 1.54) is 18.2 Å². The van der Waals surface area contributed by atoms with Gasteiger partial charge in [0, 0.05) is 30.5 Å². The number of amides is 1. The molecule has 0 bridgehead atoms. The van der Waals surface area contributed by atoms with Crippen LogP contribution in [0.3, 0.4) is 0 Å². The summed E-state index contributed by atoms with van der Waals surface area (Å²) in [6.45, 7) is 0.864. The van der Waals surface area contributed by atoms with Crippen molar-refractivity contribution in [2.24, 2.45) is 0 Å². The molecular formula is C19H16FN3O4. The van der Waals surface area contributed by atoms with E-state index in [-0.39, 0.29) is 23.5 Å². The molecule has 1 aliphatic rings. The van der Waals surface area contributed by atoms with Crippen molar-refractivity contribution in [1.29, 1.82) is 0 Å². The van der Waals surface area contributed by atoms with Crippen molar-refractivity contribution in [3.05, 3.63) is 70.2 Å². The summed E-state index contributed by atoms with van der Waals surface area (Å²) < 4.78 is 19.0. The van der Waals surface area contributed by atoms with Gasteiger partial charge < -0.3 is 14.6 Å². The molecule has 0 radical (unpaired) electrons. The number of nitrogens with zero attached hydrogens (tertiary/aromatic N) is 2. The molecule has 1 saturated heterocycles. The Morgan fingerprint density at radius 3 is 2.85 bits per heavy atom. The summed E-state index contributed by atoms with van der Waals surface area (Å²) >= 11 is 0. The zero-order valence-corrected chi connectivity index (χ0v) is 14.2. The highest BCUT2D eigenvalue weighted by molar-refractivity contribution is 6.00. The molecule has 0 spiro atoms. The number of halogens is 1. The smallest absolute Gasteiger partial charge is 0.293 e. The standard InChI is InChI=1S/C19H16FN3O4/c20-13-4-2-5-14(10-13)27-15-7-8-22(11-15)19(24)16-9-12-3-1-6-17(23(25)26)18(12)21-16/h1-6,9-10,15,21H,7-8,11H2. The summed E-state index contributed by atoms with van der Waals surface area (Å²) in [7, 11) is 0. The number of nitro benzene ring substituents is 1. The van der Waals surface area contributed by atoms with Crippen molar-refractivity contribution in [2.75, 3.05) is 13.1 Å². The van der Waals surface area contributed by atoms with Crippen molar-refractivity contribution < 1.29 is 18.8 Å². The molecule has 1 aromatic heterocycles. The number of fused-ring (bicyclic) bond motifs is 1. The first kappa shape index (κ1) is 17.0. The van der Waals surface area contributed by atoms with Crippen LogP contribution in [0.4, 0.5) is 10.1 Å². The number of likely N-dealkylation sites (tertiary alicyclic amines) is 1. The third-order valence-electron chi connectivity index (χ3n) is 4.59. The van der Waals surface area contributed by atoms with Crippen LogP contribution in [0.2, 0.25) is 0 Å². The van der Waals surface area contributed by atoms with Gasteiger partial charge in [0.05, 0.1) is 11.5 Å². The van der Waals surface area contributed by atoms with Crippen LogP contribution in [0, 0.1) is 15.9 Å². The second kappa shape index (κ2) is 6.71. The Kier molecular flexibility index (Phi) is 4.23. The molecule has 1 N–H and O–H groups in total. The largest absolute Gasteiger partial charge is 0.488 e. The van der Waals surface area contributed by atoms with Crippen molar-refractivity contribution in [2.45, 2.75) is 12.5 Å². The van der Waals surface area contributed by atoms with E-state index in [0.717, 1.165) is 0 Å². The Hall–Kier alpha value is -3.42. The van der Waals surface area contributed by atoms with Gasteiger partial charge in [-0.15, -0.1) is 0 Å². The topological polar surface area (TPSA) is 88.5 Å². The zero-order chi connectivity index (χ0) is 19.0. The van der Waals surface area contributed by atoms with Crippen molar-refractivity contribution >= 4 is 22.5 Å². The highest BCUT2D eigenvalue weighted by Crippen LogP contribution is 2.27. The first-order valence-corrected chi connectivity index (χ1v) is 8.49. The average Bonchev–Trinajstić information content (AvgIpc) is 3.27. The number of H-pyrrole nitrogens is 1. The summed E-state index contributed by atoms with van der Waals surface area (Å²) in [5, 5.41) is 11.7. The number of para-hydroxylation sites is 1. The maximum atomic E-state index is 13.3. The zero-order valence-electron chi connectivity index (χ0n) is 14.2. The molecule has 0 saturated carbocycles. The Bertz CT molecular complexity index is 1030. The van der Waals surface area contributed by atoms with E-state index in [4.69, 9.17) is 4.74 Å². The van der Waals surface area contributed by atoms with Crippen LogP contribution in [-0.2, 0) is 0 Å². The second-order valence-corrected chi connectivity index (χ2v) is 6.42. The van der Waals surface area contributed by atoms with Crippen LogP contribution in [0.1, 0.15) is 16.9 Å². The quantitative estimate of drug-likeness (QED) is 0.563. The van der Waals surface area contributed by atoms with Gasteiger partial charge in [-0.3, -0.25) is 14.9 Å². The molecule has 3 aromatic rings. The lowest BCUT2D eigenvalue weighted by molar-refractivity contribution is -0.383. The van der Waals surface area contributed by atoms with Gasteiger partial charge in [0.15, 0.2) is 0 Å². The number of aromatic nitrogens is 1. The van der Waals surface area contributed by atoms with Crippen molar-refractivity contribution in [3.8, 4) is 5.75 Å². The minimum atomic E-state index is -0.480. The number of hydrogen-bond donors (Lipinski definition) is 1. The van der Waals surface area contributed by atoms with E-state index in [0.29, 0.717) is 41.9 Å². The molecule has 1 amide bonds. The molecule has 1 atom stereocenters. The van der Waals surface area contributed by atoms with Gasteiger partial charge in [-0.05, 0) is 18.2 Å². The molecular weight excluding hydrogens is 353 g/mol. The molecule has 1 fully saturated rings. The highest BCUT2D eigenvalue weighted by Gasteiger charge is 2.29. The molecule has 27 heavy (non-hydrogen) atoms. The van der Waals surface area contributed by atoms with Gasteiger partial charge in [-0.2, -0.15) is 0 Å². The molecule has 1 unspecified atom stereocenters. The molecule has 4 rings (SSSR count). The predicted molar refractivity (Wildman–Crippen MR) is 96.3 cm³/mol. The lowest BCUT2D eigenvalue weighted by Crippen LogP contribution is -2.31. The van der Waals surface area contributed by atoms with Crippen LogP contribution < -0.4 is 4.74 Å². The number of rotatable bonds is 4. The molecule has 8 heteroatoms. The van der Waals surface area contributed by atoms with Gasteiger partial charge in [0.2, 0.25) is 0 Å². The summed E-state index contributed by atoms with van der Waals surface area (Å²) in [4.78, 5) is 27.9. The summed E-state index contributed by atoms with van der Waals surface area (Å²) in [6.07, 6.45) is 0.400. The minimum Gasteiger partial charge on any atom is -0.488 e. The number of non-ortho nitro benzene ring substituents is 1. The van der Waals surface area contributed by atoms with E-state index >= 15 is 0 Å². The SMILES string of the molecule is O=C(c1cc2cccc([N+](=O)[O-])c2[nH]1)N1CCC(Oc2cccc(F)c2)C1. The van der Waals surface area contributed by atoms with Gasteiger partial charge in [-0.25, -0.2) is 4.39 Å².